The molecule has 2 aromatic carbocycles. The summed E-state index contributed by atoms with van der Waals surface area (Å²) in [6.45, 7) is 4.12. The first kappa shape index (κ1) is 20.8. The van der Waals surface area contributed by atoms with Gasteiger partial charge in [0.05, 0.1) is 13.0 Å². The minimum atomic E-state index is -0.243. The highest BCUT2D eigenvalue weighted by atomic mass is 79.9. The van der Waals surface area contributed by atoms with Gasteiger partial charge in [0.15, 0.2) is 4.34 Å². The quantitative estimate of drug-likeness (QED) is 0.301. The summed E-state index contributed by atoms with van der Waals surface area (Å²) < 4.78 is 13.1. The summed E-state index contributed by atoms with van der Waals surface area (Å²) in [5.41, 5.74) is 1.90. The van der Waals surface area contributed by atoms with Crippen LogP contribution in [0, 0.1) is 6.92 Å². The first-order chi connectivity index (χ1) is 13.5. The molecule has 0 aliphatic rings. The fourth-order valence-corrected chi connectivity index (χ4v) is 4.66. The maximum atomic E-state index is 11.7. The van der Waals surface area contributed by atoms with Crippen LogP contribution in [0.3, 0.4) is 0 Å². The molecule has 1 heterocycles. The van der Waals surface area contributed by atoms with Crippen LogP contribution in [0.5, 0.6) is 11.5 Å². The van der Waals surface area contributed by atoms with Gasteiger partial charge in [-0.1, -0.05) is 51.2 Å². The second-order valence-electron chi connectivity index (χ2n) is 5.86. The van der Waals surface area contributed by atoms with Crippen molar-refractivity contribution < 1.29 is 14.3 Å². The molecule has 3 aromatic rings. The number of nitrogens with zero attached hydrogens (tertiary/aromatic N) is 2. The average Bonchev–Trinajstić information content (AvgIpc) is 3.08. The Hall–Kier alpha value is -1.90. The number of benzene rings is 2. The van der Waals surface area contributed by atoms with Crippen molar-refractivity contribution in [3.05, 3.63) is 63.1 Å². The van der Waals surface area contributed by atoms with Crippen molar-refractivity contribution in [2.24, 2.45) is 0 Å². The van der Waals surface area contributed by atoms with Gasteiger partial charge in [-0.05, 0) is 49.7 Å². The molecule has 1 aromatic heterocycles. The largest absolute Gasteiger partial charge is 0.466 e. The lowest BCUT2D eigenvalue weighted by molar-refractivity contribution is -0.142. The van der Waals surface area contributed by atoms with Crippen molar-refractivity contribution in [1.29, 1.82) is 0 Å². The minimum Gasteiger partial charge on any atom is -0.466 e. The molecule has 3 rings (SSSR count). The third kappa shape index (κ3) is 6.05. The molecule has 0 aliphatic carbocycles. The number of thioether (sulfide) groups is 1. The number of rotatable bonds is 8. The second kappa shape index (κ2) is 10.0. The Balaban J connectivity index is 1.74. The molecule has 0 N–H and O–H groups in total. The van der Waals surface area contributed by atoms with Gasteiger partial charge in [-0.25, -0.2) is 0 Å². The van der Waals surface area contributed by atoms with Crippen LogP contribution in [-0.4, -0.2) is 22.8 Å². The van der Waals surface area contributed by atoms with Gasteiger partial charge in [0.25, 0.3) is 0 Å². The summed E-state index contributed by atoms with van der Waals surface area (Å²) in [6, 6.07) is 13.4. The summed E-state index contributed by atoms with van der Waals surface area (Å²) in [4.78, 5) is 11.7. The van der Waals surface area contributed by atoms with Crippen LogP contribution in [0.1, 0.15) is 23.1 Å². The highest BCUT2D eigenvalue weighted by molar-refractivity contribution is 9.10. The molecule has 0 unspecified atom stereocenters. The topological polar surface area (TPSA) is 61.3 Å². The van der Waals surface area contributed by atoms with Crippen LogP contribution in [0.4, 0.5) is 0 Å². The molecule has 0 radical (unpaired) electrons. The predicted molar refractivity (Wildman–Crippen MR) is 115 cm³/mol. The van der Waals surface area contributed by atoms with Crippen LogP contribution in [-0.2, 0) is 21.7 Å². The van der Waals surface area contributed by atoms with Gasteiger partial charge in [0, 0.05) is 15.8 Å². The van der Waals surface area contributed by atoms with E-state index in [0.717, 1.165) is 30.7 Å². The third-order valence-corrected chi connectivity index (χ3v) is 6.18. The summed E-state index contributed by atoms with van der Waals surface area (Å²) in [5.74, 6) is 1.92. The van der Waals surface area contributed by atoms with Crippen molar-refractivity contribution in [3.63, 3.8) is 0 Å². The minimum absolute atomic E-state index is 0.227. The Labute approximate surface area is 180 Å². The highest BCUT2D eigenvalue weighted by Crippen LogP contribution is 2.34. The molecule has 0 amide bonds. The van der Waals surface area contributed by atoms with E-state index in [-0.39, 0.29) is 12.4 Å². The number of aromatic nitrogens is 2. The number of esters is 1. The molecule has 0 fully saturated rings. The van der Waals surface area contributed by atoms with Crippen molar-refractivity contribution in [3.8, 4) is 11.5 Å². The Morgan fingerprint density at radius 1 is 1.21 bits per heavy atom. The van der Waals surface area contributed by atoms with E-state index in [2.05, 4.69) is 26.1 Å². The summed E-state index contributed by atoms with van der Waals surface area (Å²) in [7, 11) is 0. The lowest BCUT2D eigenvalue weighted by atomic mass is 10.1. The molecule has 0 spiro atoms. The molecule has 28 heavy (non-hydrogen) atoms. The van der Waals surface area contributed by atoms with Crippen molar-refractivity contribution in [2.45, 2.75) is 30.4 Å². The second-order valence-corrected chi connectivity index (χ2v) is 9.18. The fourth-order valence-electron chi connectivity index (χ4n) is 2.46. The maximum absolute atomic E-state index is 11.7. The van der Waals surface area contributed by atoms with E-state index < -0.39 is 0 Å². The average molecular weight is 479 g/mol. The monoisotopic (exact) mass is 478 g/mol. The highest BCUT2D eigenvalue weighted by Gasteiger charge is 2.10. The zero-order chi connectivity index (χ0) is 19.9. The smallest absolute Gasteiger partial charge is 0.310 e. The normalized spacial score (nSPS) is 10.7. The lowest BCUT2D eigenvalue weighted by Crippen LogP contribution is -2.07. The molecule has 0 saturated carbocycles. The number of carbonyl (C=O) groups excluding carboxylic acids is 1. The van der Waals surface area contributed by atoms with Gasteiger partial charge in [-0.15, -0.1) is 10.2 Å². The third-order valence-electron chi connectivity index (χ3n) is 3.66. The number of ether oxygens (including phenoxy) is 2. The predicted octanol–water partition coefficient (Wildman–Crippen LogP) is 5.80. The van der Waals surface area contributed by atoms with Gasteiger partial charge < -0.3 is 9.47 Å². The van der Waals surface area contributed by atoms with Gasteiger partial charge >= 0.3 is 5.97 Å². The first-order valence-corrected chi connectivity index (χ1v) is 11.3. The van der Waals surface area contributed by atoms with E-state index in [1.807, 2.05) is 49.4 Å². The Bertz CT molecular complexity index is 962. The van der Waals surface area contributed by atoms with E-state index >= 15 is 0 Å². The first-order valence-electron chi connectivity index (χ1n) is 8.67. The standard InChI is InChI=1S/C20H19BrN2O3S2/c1-3-25-19(24)10-14-5-4-6-17(9-14)26-18-8-7-16(21)11-15(18)12-27-20-23-22-13(2)28-20/h4-9,11H,3,10,12H2,1-2H3. The van der Waals surface area contributed by atoms with E-state index in [4.69, 9.17) is 9.47 Å². The maximum Gasteiger partial charge on any atom is 0.310 e. The molecule has 5 nitrogen and oxygen atoms in total. The lowest BCUT2D eigenvalue weighted by Gasteiger charge is -2.12. The number of hydrogen-bond acceptors (Lipinski definition) is 7. The Morgan fingerprint density at radius 3 is 2.82 bits per heavy atom. The fraction of sp³-hybridized carbons (Fsp3) is 0.250. The van der Waals surface area contributed by atoms with Crippen LogP contribution in [0.2, 0.25) is 0 Å². The van der Waals surface area contributed by atoms with Crippen molar-refractivity contribution in [2.75, 3.05) is 6.61 Å². The molecule has 146 valence electrons. The van der Waals surface area contributed by atoms with Crippen LogP contribution in [0.15, 0.2) is 51.3 Å². The summed E-state index contributed by atoms with van der Waals surface area (Å²) in [5, 5.41) is 9.16. The molecular formula is C20H19BrN2O3S2. The van der Waals surface area contributed by atoms with Crippen molar-refractivity contribution >= 4 is 45.0 Å². The Morgan fingerprint density at radius 2 is 2.07 bits per heavy atom. The zero-order valence-corrected chi connectivity index (χ0v) is 18.7. The number of hydrogen-bond donors (Lipinski definition) is 0. The van der Waals surface area contributed by atoms with Gasteiger partial charge in [-0.3, -0.25) is 4.79 Å². The Kier molecular flexibility index (Phi) is 7.47. The summed E-state index contributed by atoms with van der Waals surface area (Å²) in [6.07, 6.45) is 0.227. The number of aryl methyl sites for hydroxylation is 1. The van der Waals surface area contributed by atoms with Crippen LogP contribution < -0.4 is 4.74 Å². The van der Waals surface area contributed by atoms with Crippen LogP contribution in [0.25, 0.3) is 0 Å². The molecule has 0 saturated heterocycles. The van der Waals surface area contributed by atoms with Gasteiger partial charge in [0.1, 0.15) is 16.5 Å². The van der Waals surface area contributed by atoms with Gasteiger partial charge in [0.2, 0.25) is 0 Å². The summed E-state index contributed by atoms with van der Waals surface area (Å²) >= 11 is 6.73. The van der Waals surface area contributed by atoms with E-state index in [1.54, 1.807) is 30.0 Å². The molecule has 0 bridgehead atoms. The van der Waals surface area contributed by atoms with Crippen molar-refractivity contribution in [1.82, 2.24) is 10.2 Å². The molecule has 0 aliphatic heterocycles. The zero-order valence-electron chi connectivity index (χ0n) is 15.5. The molecule has 8 heteroatoms. The number of halogens is 1. The van der Waals surface area contributed by atoms with Gasteiger partial charge in [-0.2, -0.15) is 0 Å². The van der Waals surface area contributed by atoms with E-state index in [1.165, 1.54) is 0 Å². The van der Waals surface area contributed by atoms with E-state index in [0.29, 0.717) is 18.1 Å². The molecule has 0 atom stereocenters. The number of carbonyl (C=O) groups is 1. The van der Waals surface area contributed by atoms with E-state index in [9.17, 15) is 4.79 Å². The van der Waals surface area contributed by atoms with Crippen LogP contribution >= 0.6 is 39.0 Å². The molecular weight excluding hydrogens is 460 g/mol. The SMILES string of the molecule is CCOC(=O)Cc1cccc(Oc2ccc(Br)cc2CSc2nnc(C)s2)c1.